The molecule has 3 N–H and O–H groups in total. The quantitative estimate of drug-likeness (QED) is 0.454. The molecule has 140 valence electrons. The maximum Gasteiger partial charge on any atom is 0.250 e. The van der Waals surface area contributed by atoms with Gasteiger partial charge in [-0.1, -0.05) is 54.6 Å². The van der Waals surface area contributed by atoms with Gasteiger partial charge in [-0.2, -0.15) is 0 Å². The number of amides is 1. The van der Waals surface area contributed by atoms with E-state index in [1.807, 2.05) is 60.8 Å². The summed E-state index contributed by atoms with van der Waals surface area (Å²) in [6, 6.07) is 21.0. The van der Waals surface area contributed by atoms with Crippen LogP contribution < -0.4 is 5.73 Å². The summed E-state index contributed by atoms with van der Waals surface area (Å²) in [4.78, 5) is 15.2. The van der Waals surface area contributed by atoms with Crippen LogP contribution >= 0.6 is 0 Å². The van der Waals surface area contributed by atoms with Crippen LogP contribution in [0.25, 0.3) is 33.2 Å². The molecule has 0 fully saturated rings. The fourth-order valence-corrected chi connectivity index (χ4v) is 3.94. The van der Waals surface area contributed by atoms with E-state index < -0.39 is 16.6 Å². The van der Waals surface area contributed by atoms with Gasteiger partial charge in [0.25, 0.3) is 5.91 Å². The van der Waals surface area contributed by atoms with E-state index in [2.05, 4.69) is 4.98 Å². The highest BCUT2D eigenvalue weighted by atomic mass is 32.2. The number of aromatic amines is 1. The molecule has 1 aromatic heterocycles. The van der Waals surface area contributed by atoms with Crippen molar-refractivity contribution in [3.63, 3.8) is 0 Å². The Labute approximate surface area is 163 Å². The number of carbonyl (C=O) groups excluding carboxylic acids is 1. The molecule has 0 saturated heterocycles. The molecule has 0 aliphatic carbocycles. The van der Waals surface area contributed by atoms with E-state index in [1.165, 1.54) is 0 Å². The Hall–Kier alpha value is -3.38. The largest absolute Gasteiger partial charge is 0.366 e. The Morgan fingerprint density at radius 3 is 2.36 bits per heavy atom. The van der Waals surface area contributed by atoms with E-state index in [1.54, 1.807) is 12.1 Å². The van der Waals surface area contributed by atoms with E-state index in [-0.39, 0.29) is 5.75 Å². The fraction of sp³-hybridized carbons (Fsp3) is 0.0455. The SMILES string of the molecule is NC(=O)c1cc(-c2ccccc2)cc2c(-c3cccc(C[SH](=O)=O)c3)c[nH]c12. The summed E-state index contributed by atoms with van der Waals surface area (Å²) >= 11 is 0. The maximum atomic E-state index is 12.1. The molecule has 4 rings (SSSR count). The van der Waals surface area contributed by atoms with Crippen molar-refractivity contribution in [3.05, 3.63) is 84.1 Å². The number of benzene rings is 3. The number of thiol groups is 1. The molecule has 3 aromatic carbocycles. The topological polar surface area (TPSA) is 93.0 Å². The van der Waals surface area contributed by atoms with Gasteiger partial charge in [0.15, 0.2) is 0 Å². The number of H-pyrrole nitrogens is 1. The van der Waals surface area contributed by atoms with Crippen molar-refractivity contribution < 1.29 is 13.2 Å². The molecule has 1 heterocycles. The van der Waals surface area contributed by atoms with Crippen LogP contribution in [0.2, 0.25) is 0 Å². The van der Waals surface area contributed by atoms with Crippen molar-refractivity contribution in [1.29, 1.82) is 0 Å². The second-order valence-corrected chi connectivity index (χ2v) is 7.55. The normalized spacial score (nSPS) is 11.2. The van der Waals surface area contributed by atoms with Gasteiger partial charge in [0.2, 0.25) is 0 Å². The fourth-order valence-electron chi connectivity index (χ4n) is 3.45. The van der Waals surface area contributed by atoms with Crippen LogP contribution in [0.3, 0.4) is 0 Å². The zero-order chi connectivity index (χ0) is 19.7. The first kappa shape index (κ1) is 18.0. The minimum atomic E-state index is -2.50. The van der Waals surface area contributed by atoms with Crippen molar-refractivity contribution in [3.8, 4) is 22.3 Å². The Bertz CT molecular complexity index is 1250. The van der Waals surface area contributed by atoms with E-state index in [0.29, 0.717) is 11.1 Å². The Balaban J connectivity index is 1.94. The molecule has 1 amide bonds. The van der Waals surface area contributed by atoms with E-state index in [9.17, 15) is 13.2 Å². The molecular weight excluding hydrogens is 372 g/mol. The van der Waals surface area contributed by atoms with Gasteiger partial charge >= 0.3 is 0 Å². The predicted octanol–water partition coefficient (Wildman–Crippen LogP) is 3.71. The molecule has 0 aliphatic rings. The zero-order valence-corrected chi connectivity index (χ0v) is 15.8. The summed E-state index contributed by atoms with van der Waals surface area (Å²) in [5.74, 6) is -0.513. The molecule has 0 atom stereocenters. The number of hydrogen-bond acceptors (Lipinski definition) is 3. The molecule has 0 bridgehead atoms. The van der Waals surface area contributed by atoms with Crippen LogP contribution in [0.5, 0.6) is 0 Å². The average Bonchev–Trinajstić information content (AvgIpc) is 3.11. The summed E-state index contributed by atoms with van der Waals surface area (Å²) in [6.07, 6.45) is 1.82. The second-order valence-electron chi connectivity index (χ2n) is 6.57. The van der Waals surface area contributed by atoms with Crippen molar-refractivity contribution in [2.75, 3.05) is 0 Å². The molecule has 0 aliphatic heterocycles. The highest BCUT2D eigenvalue weighted by Gasteiger charge is 2.15. The average molecular weight is 390 g/mol. The molecule has 4 aromatic rings. The lowest BCUT2D eigenvalue weighted by molar-refractivity contribution is 0.100. The Kier molecular flexibility index (Phi) is 4.71. The van der Waals surface area contributed by atoms with Crippen molar-refractivity contribution >= 4 is 27.5 Å². The van der Waals surface area contributed by atoms with Gasteiger partial charge in [-0.25, -0.2) is 8.42 Å². The number of hydrogen-bond donors (Lipinski definition) is 3. The lowest BCUT2D eigenvalue weighted by Gasteiger charge is -2.08. The van der Waals surface area contributed by atoms with Gasteiger partial charge in [-0.3, -0.25) is 4.79 Å². The van der Waals surface area contributed by atoms with Crippen LogP contribution in [0.1, 0.15) is 15.9 Å². The molecule has 0 spiro atoms. The summed E-state index contributed by atoms with van der Waals surface area (Å²) in [5, 5.41) is 0.860. The monoisotopic (exact) mass is 390 g/mol. The zero-order valence-electron chi connectivity index (χ0n) is 14.9. The van der Waals surface area contributed by atoms with Crippen LogP contribution in [0.15, 0.2) is 72.9 Å². The molecule has 0 radical (unpaired) electrons. The molecule has 5 nitrogen and oxygen atoms in total. The van der Waals surface area contributed by atoms with Gasteiger partial charge < -0.3 is 10.7 Å². The summed E-state index contributed by atoms with van der Waals surface area (Å²) in [5.41, 5.74) is 11.1. The number of rotatable bonds is 5. The van der Waals surface area contributed by atoms with Gasteiger partial charge in [-0.15, -0.1) is 0 Å². The molecule has 0 saturated carbocycles. The number of aromatic nitrogens is 1. The molecule has 0 unspecified atom stereocenters. The van der Waals surface area contributed by atoms with Crippen molar-refractivity contribution in [2.45, 2.75) is 5.75 Å². The van der Waals surface area contributed by atoms with E-state index in [0.717, 1.165) is 33.2 Å². The van der Waals surface area contributed by atoms with Gasteiger partial charge in [0, 0.05) is 17.1 Å². The third kappa shape index (κ3) is 3.42. The minimum absolute atomic E-state index is 0.00662. The van der Waals surface area contributed by atoms with Crippen LogP contribution in [0, 0.1) is 0 Å². The van der Waals surface area contributed by atoms with E-state index in [4.69, 9.17) is 5.73 Å². The number of nitrogens with two attached hydrogens (primary N) is 1. The third-order valence-electron chi connectivity index (χ3n) is 4.71. The summed E-state index contributed by atoms with van der Waals surface area (Å²) in [7, 11) is -2.50. The first-order valence-electron chi connectivity index (χ1n) is 8.74. The highest BCUT2D eigenvalue weighted by Crippen LogP contribution is 2.34. The van der Waals surface area contributed by atoms with Crippen LogP contribution in [0.4, 0.5) is 0 Å². The first-order chi connectivity index (χ1) is 13.5. The lowest BCUT2D eigenvalue weighted by Crippen LogP contribution is -2.11. The predicted molar refractivity (Wildman–Crippen MR) is 112 cm³/mol. The Morgan fingerprint density at radius 1 is 0.893 bits per heavy atom. The molecule has 6 heteroatoms. The number of fused-ring (bicyclic) bond motifs is 1. The second kappa shape index (κ2) is 7.32. The van der Waals surface area contributed by atoms with Gasteiger partial charge in [-0.05, 0) is 34.4 Å². The number of primary amides is 1. The lowest BCUT2D eigenvalue weighted by atomic mass is 9.96. The third-order valence-corrected chi connectivity index (χ3v) is 5.33. The highest BCUT2D eigenvalue weighted by molar-refractivity contribution is 7.71. The Morgan fingerprint density at radius 2 is 1.64 bits per heavy atom. The van der Waals surface area contributed by atoms with Crippen LogP contribution in [-0.4, -0.2) is 19.3 Å². The maximum absolute atomic E-state index is 12.1. The van der Waals surface area contributed by atoms with Gasteiger partial charge in [0.05, 0.1) is 16.8 Å². The smallest absolute Gasteiger partial charge is 0.250 e. The minimum Gasteiger partial charge on any atom is -0.366 e. The summed E-state index contributed by atoms with van der Waals surface area (Å²) < 4.78 is 22.2. The van der Waals surface area contributed by atoms with E-state index >= 15 is 0 Å². The number of nitrogens with one attached hydrogen (secondary N) is 1. The standard InChI is InChI=1S/C22H18N2O3S/c23-22(25)19-11-17(15-6-2-1-3-7-15)10-18-20(12-24-21(18)19)16-8-4-5-14(9-16)13-28(26)27/h1-12,24,28H,13H2,(H2,23,25). The van der Waals surface area contributed by atoms with Crippen LogP contribution in [-0.2, 0) is 16.5 Å². The summed E-state index contributed by atoms with van der Waals surface area (Å²) in [6.45, 7) is 0. The first-order valence-corrected chi connectivity index (χ1v) is 10.1. The van der Waals surface area contributed by atoms with Gasteiger partial charge in [0.1, 0.15) is 10.7 Å². The van der Waals surface area contributed by atoms with Crippen molar-refractivity contribution in [1.82, 2.24) is 4.98 Å². The number of carbonyl (C=O) groups is 1. The van der Waals surface area contributed by atoms with Crippen molar-refractivity contribution in [2.24, 2.45) is 5.73 Å². The molecule has 28 heavy (non-hydrogen) atoms. The molecular formula is C22H18N2O3S.